The van der Waals surface area contributed by atoms with Crippen molar-refractivity contribution in [2.45, 2.75) is 6.61 Å². The lowest BCUT2D eigenvalue weighted by Crippen LogP contribution is -1.96. The van der Waals surface area contributed by atoms with Crippen molar-refractivity contribution < 1.29 is 9.26 Å². The highest BCUT2D eigenvalue weighted by atomic mass is 79.9. The maximum Gasteiger partial charge on any atom is 0.258 e. The van der Waals surface area contributed by atoms with Crippen LogP contribution in [0.2, 0.25) is 5.02 Å². The summed E-state index contributed by atoms with van der Waals surface area (Å²) in [4.78, 5) is 4.46. The van der Waals surface area contributed by atoms with Crippen molar-refractivity contribution in [1.82, 2.24) is 10.1 Å². The first-order valence-electron chi connectivity index (χ1n) is 8.25. The minimum atomic E-state index is 0.417. The molecule has 0 spiro atoms. The molecule has 4 nitrogen and oxygen atoms in total. The quantitative estimate of drug-likeness (QED) is 0.359. The third-order valence-electron chi connectivity index (χ3n) is 3.95. The highest BCUT2D eigenvalue weighted by Crippen LogP contribution is 2.28. The van der Waals surface area contributed by atoms with Gasteiger partial charge in [0.2, 0.25) is 5.82 Å². The van der Waals surface area contributed by atoms with E-state index in [0.717, 1.165) is 21.2 Å². The van der Waals surface area contributed by atoms with Crippen LogP contribution in [0.5, 0.6) is 5.75 Å². The molecular weight excluding hydrogens is 428 g/mol. The van der Waals surface area contributed by atoms with Crippen LogP contribution in [0.4, 0.5) is 0 Å². The van der Waals surface area contributed by atoms with E-state index in [9.17, 15) is 0 Å². The lowest BCUT2D eigenvalue weighted by Gasteiger charge is -2.08. The van der Waals surface area contributed by atoms with Gasteiger partial charge in [0, 0.05) is 15.6 Å². The molecule has 0 atom stereocenters. The Morgan fingerprint density at radius 1 is 0.926 bits per heavy atom. The van der Waals surface area contributed by atoms with Gasteiger partial charge < -0.3 is 9.26 Å². The van der Waals surface area contributed by atoms with Gasteiger partial charge in [-0.05, 0) is 35.9 Å². The Hall–Kier alpha value is -2.63. The van der Waals surface area contributed by atoms with E-state index in [2.05, 4.69) is 26.1 Å². The molecule has 0 amide bonds. The summed E-state index contributed by atoms with van der Waals surface area (Å²) in [5, 5.41) is 4.62. The van der Waals surface area contributed by atoms with Gasteiger partial charge in [-0.3, -0.25) is 0 Å². The van der Waals surface area contributed by atoms with Gasteiger partial charge >= 0.3 is 0 Å². The molecule has 0 aliphatic rings. The van der Waals surface area contributed by atoms with Crippen molar-refractivity contribution in [3.63, 3.8) is 0 Å². The second kappa shape index (κ2) is 7.94. The molecule has 134 valence electrons. The number of nitrogens with zero attached hydrogens (tertiary/aromatic N) is 2. The summed E-state index contributed by atoms with van der Waals surface area (Å²) in [6.45, 7) is 0.417. The third kappa shape index (κ3) is 4.21. The lowest BCUT2D eigenvalue weighted by atomic mass is 10.1. The Morgan fingerprint density at radius 2 is 1.70 bits per heavy atom. The van der Waals surface area contributed by atoms with Gasteiger partial charge in [0.1, 0.15) is 12.4 Å². The summed E-state index contributed by atoms with van der Waals surface area (Å²) < 4.78 is 12.1. The normalized spacial score (nSPS) is 10.7. The molecule has 0 radical (unpaired) electrons. The minimum absolute atomic E-state index is 0.417. The minimum Gasteiger partial charge on any atom is -0.487 e. The molecular formula is C21H14BrClN2O2. The van der Waals surface area contributed by atoms with Crippen molar-refractivity contribution in [2.75, 3.05) is 0 Å². The molecule has 4 aromatic rings. The predicted molar refractivity (Wildman–Crippen MR) is 109 cm³/mol. The van der Waals surface area contributed by atoms with E-state index in [1.807, 2.05) is 66.7 Å². The molecule has 1 aromatic heterocycles. The molecule has 0 saturated heterocycles. The van der Waals surface area contributed by atoms with Gasteiger partial charge in [0.25, 0.3) is 5.89 Å². The molecule has 1 heterocycles. The van der Waals surface area contributed by atoms with Crippen molar-refractivity contribution in [3.8, 4) is 28.6 Å². The van der Waals surface area contributed by atoms with E-state index in [1.54, 1.807) is 6.07 Å². The summed E-state index contributed by atoms with van der Waals surface area (Å²) in [5.74, 6) is 1.70. The van der Waals surface area contributed by atoms with Crippen LogP contribution in [0, 0.1) is 0 Å². The van der Waals surface area contributed by atoms with Crippen LogP contribution in [0.25, 0.3) is 22.8 Å². The van der Waals surface area contributed by atoms with Crippen molar-refractivity contribution >= 4 is 27.5 Å². The number of benzene rings is 3. The smallest absolute Gasteiger partial charge is 0.258 e. The van der Waals surface area contributed by atoms with Gasteiger partial charge in [-0.2, -0.15) is 4.98 Å². The monoisotopic (exact) mass is 440 g/mol. The molecule has 3 aromatic carbocycles. The Labute approximate surface area is 169 Å². The first kappa shape index (κ1) is 17.8. The van der Waals surface area contributed by atoms with E-state index in [0.29, 0.717) is 29.1 Å². The number of aromatic nitrogens is 2. The summed E-state index contributed by atoms with van der Waals surface area (Å²) >= 11 is 9.55. The summed E-state index contributed by atoms with van der Waals surface area (Å²) in [7, 11) is 0. The van der Waals surface area contributed by atoms with Gasteiger partial charge in [0.15, 0.2) is 0 Å². The first-order chi connectivity index (χ1) is 13.2. The largest absolute Gasteiger partial charge is 0.487 e. The summed E-state index contributed by atoms with van der Waals surface area (Å²) in [5.41, 5.74) is 2.79. The number of rotatable bonds is 5. The zero-order valence-electron chi connectivity index (χ0n) is 14.1. The highest BCUT2D eigenvalue weighted by molar-refractivity contribution is 9.10. The van der Waals surface area contributed by atoms with Crippen LogP contribution >= 0.6 is 27.5 Å². The Morgan fingerprint density at radius 3 is 2.44 bits per heavy atom. The van der Waals surface area contributed by atoms with Gasteiger partial charge in [-0.25, -0.2) is 0 Å². The van der Waals surface area contributed by atoms with Crippen molar-refractivity contribution in [1.29, 1.82) is 0 Å². The maximum absolute atomic E-state index is 6.17. The molecule has 0 aliphatic heterocycles. The fourth-order valence-electron chi connectivity index (χ4n) is 2.54. The Bertz CT molecular complexity index is 1050. The third-order valence-corrected chi connectivity index (χ3v) is 4.74. The zero-order valence-corrected chi connectivity index (χ0v) is 16.4. The highest BCUT2D eigenvalue weighted by Gasteiger charge is 2.10. The van der Waals surface area contributed by atoms with Crippen molar-refractivity contribution in [2.24, 2.45) is 0 Å². The molecule has 4 rings (SSSR count). The van der Waals surface area contributed by atoms with E-state index >= 15 is 0 Å². The predicted octanol–water partition coefficient (Wildman–Crippen LogP) is 6.40. The number of hydrogen-bond acceptors (Lipinski definition) is 4. The fourth-order valence-corrected chi connectivity index (χ4v) is 3.27. The summed E-state index contributed by atoms with van der Waals surface area (Å²) in [6.07, 6.45) is 0. The van der Waals surface area contributed by atoms with Gasteiger partial charge in [-0.15, -0.1) is 0 Å². The number of hydrogen-bond donors (Lipinski definition) is 0. The van der Waals surface area contributed by atoms with E-state index in [1.165, 1.54) is 0 Å². The van der Waals surface area contributed by atoms with Crippen LogP contribution < -0.4 is 4.74 Å². The molecule has 0 fully saturated rings. The molecule has 0 unspecified atom stereocenters. The number of ether oxygens (including phenoxy) is 1. The number of halogens is 2. The average Bonchev–Trinajstić information content (AvgIpc) is 3.19. The average molecular weight is 442 g/mol. The Balaban J connectivity index is 1.45. The summed E-state index contributed by atoms with van der Waals surface area (Å²) in [6, 6.07) is 23.1. The molecule has 0 aliphatic carbocycles. The zero-order chi connectivity index (χ0) is 18.6. The van der Waals surface area contributed by atoms with Crippen LogP contribution in [0.15, 0.2) is 81.8 Å². The molecule has 0 saturated carbocycles. The Kier molecular flexibility index (Phi) is 5.23. The molecule has 0 bridgehead atoms. The maximum atomic E-state index is 6.17. The van der Waals surface area contributed by atoms with Crippen molar-refractivity contribution in [3.05, 3.63) is 87.9 Å². The van der Waals surface area contributed by atoms with E-state index in [4.69, 9.17) is 20.9 Å². The van der Waals surface area contributed by atoms with Crippen LogP contribution in [0.1, 0.15) is 5.56 Å². The second-order valence-corrected chi connectivity index (χ2v) is 7.17. The first-order valence-corrected chi connectivity index (χ1v) is 9.42. The molecule has 6 heteroatoms. The molecule has 0 N–H and O–H groups in total. The van der Waals surface area contributed by atoms with Crippen LogP contribution in [-0.2, 0) is 6.61 Å². The van der Waals surface area contributed by atoms with E-state index < -0.39 is 0 Å². The van der Waals surface area contributed by atoms with Crippen LogP contribution in [0.3, 0.4) is 0 Å². The van der Waals surface area contributed by atoms with E-state index in [-0.39, 0.29) is 0 Å². The van der Waals surface area contributed by atoms with Gasteiger partial charge in [-0.1, -0.05) is 75.2 Å². The standard InChI is InChI=1S/C21H14BrClN2O2/c22-17-10-11-19(18(23)12-17)26-13-14-6-8-16(9-7-14)21-24-20(25-27-21)15-4-2-1-3-5-15/h1-12H,13H2. The lowest BCUT2D eigenvalue weighted by molar-refractivity contribution is 0.306. The topological polar surface area (TPSA) is 48.2 Å². The second-order valence-electron chi connectivity index (χ2n) is 5.85. The SMILES string of the molecule is Clc1cc(Br)ccc1OCc1ccc(-c2nc(-c3ccccc3)no2)cc1. The fraction of sp³-hybridized carbons (Fsp3) is 0.0476. The molecule has 27 heavy (non-hydrogen) atoms. The van der Waals surface area contributed by atoms with Crippen LogP contribution in [-0.4, -0.2) is 10.1 Å². The van der Waals surface area contributed by atoms with Gasteiger partial charge in [0.05, 0.1) is 5.02 Å².